The maximum atomic E-state index is 12.1. The van der Waals surface area contributed by atoms with Gasteiger partial charge in [0.15, 0.2) is 0 Å². The fraction of sp³-hybridized carbons (Fsp3) is 0.417. The summed E-state index contributed by atoms with van der Waals surface area (Å²) in [6.07, 6.45) is 1.16. The van der Waals surface area contributed by atoms with Gasteiger partial charge in [0.25, 0.3) is 11.6 Å². The zero-order valence-corrected chi connectivity index (χ0v) is 10.0. The van der Waals surface area contributed by atoms with E-state index in [9.17, 15) is 14.9 Å². The molecule has 6 heteroatoms. The van der Waals surface area contributed by atoms with Crippen molar-refractivity contribution in [3.63, 3.8) is 0 Å². The zero-order chi connectivity index (χ0) is 13.1. The molecule has 1 aliphatic rings. The highest BCUT2D eigenvalue weighted by Crippen LogP contribution is 2.22. The summed E-state index contributed by atoms with van der Waals surface area (Å²) < 4.78 is 5.31. The standard InChI is InChI=1S/C12H14N2O4/c1-13(12(15)11-6-3-7-18-11)9-4-2-5-10(8-9)14(16)17/h2,4-5,8,11H,3,6-7H2,1H3. The van der Waals surface area contributed by atoms with Crippen LogP contribution in [0.1, 0.15) is 12.8 Å². The van der Waals surface area contributed by atoms with Crippen LogP contribution in [0.2, 0.25) is 0 Å². The number of rotatable bonds is 3. The van der Waals surface area contributed by atoms with E-state index in [0.29, 0.717) is 18.7 Å². The maximum Gasteiger partial charge on any atom is 0.271 e. The molecule has 2 rings (SSSR count). The summed E-state index contributed by atoms with van der Waals surface area (Å²) in [6, 6.07) is 6.01. The Kier molecular flexibility index (Phi) is 3.57. The molecule has 0 N–H and O–H groups in total. The number of hydrogen-bond donors (Lipinski definition) is 0. The number of hydrogen-bond acceptors (Lipinski definition) is 4. The van der Waals surface area contributed by atoms with Gasteiger partial charge in [0, 0.05) is 25.8 Å². The summed E-state index contributed by atoms with van der Waals surface area (Å²) in [4.78, 5) is 23.7. The predicted octanol–water partition coefficient (Wildman–Crippen LogP) is 1.74. The van der Waals surface area contributed by atoms with Crippen LogP contribution in [0.25, 0.3) is 0 Å². The van der Waals surface area contributed by atoms with Gasteiger partial charge in [0.1, 0.15) is 6.10 Å². The lowest BCUT2D eigenvalue weighted by Gasteiger charge is -2.20. The minimum atomic E-state index is -0.478. The van der Waals surface area contributed by atoms with Crippen molar-refractivity contribution >= 4 is 17.3 Å². The van der Waals surface area contributed by atoms with Crippen LogP contribution in [0.4, 0.5) is 11.4 Å². The van der Waals surface area contributed by atoms with Crippen molar-refractivity contribution in [1.82, 2.24) is 0 Å². The molecule has 1 fully saturated rings. The van der Waals surface area contributed by atoms with Crippen molar-refractivity contribution in [3.05, 3.63) is 34.4 Å². The van der Waals surface area contributed by atoms with Gasteiger partial charge >= 0.3 is 0 Å². The minimum absolute atomic E-state index is 0.0282. The molecule has 1 aromatic rings. The van der Waals surface area contributed by atoms with Crippen LogP contribution >= 0.6 is 0 Å². The third kappa shape index (κ3) is 2.48. The van der Waals surface area contributed by atoms with E-state index in [-0.39, 0.29) is 11.6 Å². The van der Waals surface area contributed by atoms with E-state index in [1.807, 2.05) is 0 Å². The first-order valence-corrected chi connectivity index (χ1v) is 5.73. The molecule has 18 heavy (non-hydrogen) atoms. The van der Waals surface area contributed by atoms with Crippen molar-refractivity contribution in [2.24, 2.45) is 0 Å². The van der Waals surface area contributed by atoms with Crippen molar-refractivity contribution in [1.29, 1.82) is 0 Å². The summed E-state index contributed by atoms with van der Waals surface area (Å²) >= 11 is 0. The molecule has 0 bridgehead atoms. The molecule has 96 valence electrons. The summed E-state index contributed by atoms with van der Waals surface area (Å²) in [6.45, 7) is 0.596. The normalized spacial score (nSPS) is 18.6. The van der Waals surface area contributed by atoms with Gasteiger partial charge in [-0.3, -0.25) is 14.9 Å². The fourth-order valence-corrected chi connectivity index (χ4v) is 1.93. The molecule has 1 aliphatic heterocycles. The van der Waals surface area contributed by atoms with Crippen molar-refractivity contribution in [2.75, 3.05) is 18.6 Å². The molecule has 0 aromatic heterocycles. The number of nitro benzene ring substituents is 1. The topological polar surface area (TPSA) is 72.7 Å². The molecule has 1 heterocycles. The second-order valence-electron chi connectivity index (χ2n) is 4.18. The van der Waals surface area contributed by atoms with Crippen molar-refractivity contribution < 1.29 is 14.5 Å². The average molecular weight is 250 g/mol. The Morgan fingerprint density at radius 2 is 2.33 bits per heavy atom. The van der Waals surface area contributed by atoms with Crippen LogP contribution in [0.3, 0.4) is 0 Å². The average Bonchev–Trinajstić information content (AvgIpc) is 2.91. The number of nitrogens with zero attached hydrogens (tertiary/aromatic N) is 2. The Bertz CT molecular complexity index is 469. The van der Waals surface area contributed by atoms with E-state index in [0.717, 1.165) is 6.42 Å². The lowest BCUT2D eigenvalue weighted by molar-refractivity contribution is -0.384. The molecule has 0 spiro atoms. The predicted molar refractivity (Wildman–Crippen MR) is 65.5 cm³/mol. The number of carbonyl (C=O) groups is 1. The Morgan fingerprint density at radius 3 is 2.94 bits per heavy atom. The summed E-state index contributed by atoms with van der Waals surface area (Å²) in [5, 5.41) is 10.7. The van der Waals surface area contributed by atoms with Gasteiger partial charge in [0.2, 0.25) is 0 Å². The first-order chi connectivity index (χ1) is 8.59. The number of amides is 1. The SMILES string of the molecule is CN(C(=O)C1CCCO1)c1cccc([N+](=O)[O-])c1. The van der Waals surface area contributed by atoms with Crippen LogP contribution in [0.5, 0.6) is 0 Å². The third-order valence-electron chi connectivity index (χ3n) is 2.96. The zero-order valence-electron chi connectivity index (χ0n) is 10.0. The number of ether oxygens (including phenoxy) is 1. The highest BCUT2D eigenvalue weighted by molar-refractivity contribution is 5.96. The van der Waals surface area contributed by atoms with Crippen LogP contribution in [-0.2, 0) is 9.53 Å². The highest BCUT2D eigenvalue weighted by atomic mass is 16.6. The molecule has 6 nitrogen and oxygen atoms in total. The van der Waals surface area contributed by atoms with Crippen LogP contribution in [0.15, 0.2) is 24.3 Å². The number of nitro groups is 1. The van der Waals surface area contributed by atoms with E-state index >= 15 is 0 Å². The van der Waals surface area contributed by atoms with Crippen molar-refractivity contribution in [3.8, 4) is 0 Å². The Labute approximate surface area is 104 Å². The summed E-state index contributed by atoms with van der Waals surface area (Å²) in [5.74, 6) is -0.159. The molecule has 0 saturated carbocycles. The van der Waals surface area contributed by atoms with E-state index in [4.69, 9.17) is 4.74 Å². The van der Waals surface area contributed by atoms with Gasteiger partial charge < -0.3 is 9.64 Å². The monoisotopic (exact) mass is 250 g/mol. The number of benzene rings is 1. The van der Waals surface area contributed by atoms with Crippen LogP contribution < -0.4 is 4.90 Å². The fourth-order valence-electron chi connectivity index (χ4n) is 1.93. The molecule has 1 atom stereocenters. The van der Waals surface area contributed by atoms with Gasteiger partial charge in [-0.2, -0.15) is 0 Å². The quantitative estimate of drug-likeness (QED) is 0.605. The highest BCUT2D eigenvalue weighted by Gasteiger charge is 2.27. The largest absolute Gasteiger partial charge is 0.368 e. The minimum Gasteiger partial charge on any atom is -0.368 e. The third-order valence-corrected chi connectivity index (χ3v) is 2.96. The van der Waals surface area contributed by atoms with E-state index < -0.39 is 11.0 Å². The van der Waals surface area contributed by atoms with Gasteiger partial charge in [-0.15, -0.1) is 0 Å². The molecular weight excluding hydrogens is 236 g/mol. The maximum absolute atomic E-state index is 12.1. The number of carbonyl (C=O) groups excluding carboxylic acids is 1. The number of likely N-dealkylation sites (N-methyl/N-ethyl adjacent to an activating group) is 1. The molecule has 1 amide bonds. The second kappa shape index (κ2) is 5.14. The summed E-state index contributed by atoms with van der Waals surface area (Å²) in [5.41, 5.74) is 0.476. The van der Waals surface area contributed by atoms with Crippen LogP contribution in [-0.4, -0.2) is 30.6 Å². The van der Waals surface area contributed by atoms with Gasteiger partial charge in [-0.25, -0.2) is 0 Å². The second-order valence-corrected chi connectivity index (χ2v) is 4.18. The molecule has 1 aromatic carbocycles. The van der Waals surface area contributed by atoms with Gasteiger partial charge in [0.05, 0.1) is 10.6 Å². The van der Waals surface area contributed by atoms with Gasteiger partial charge in [-0.05, 0) is 18.9 Å². The number of anilines is 1. The van der Waals surface area contributed by atoms with Gasteiger partial charge in [-0.1, -0.05) is 6.07 Å². The molecule has 1 unspecified atom stereocenters. The Morgan fingerprint density at radius 1 is 1.56 bits per heavy atom. The van der Waals surface area contributed by atoms with Crippen LogP contribution in [0, 0.1) is 10.1 Å². The van der Waals surface area contributed by atoms with Crippen molar-refractivity contribution in [2.45, 2.75) is 18.9 Å². The Balaban J connectivity index is 2.17. The van der Waals surface area contributed by atoms with E-state index in [1.54, 1.807) is 19.2 Å². The number of non-ortho nitro benzene ring substituents is 1. The Hall–Kier alpha value is -1.95. The van der Waals surface area contributed by atoms with E-state index in [1.165, 1.54) is 17.0 Å². The lowest BCUT2D eigenvalue weighted by atomic mass is 10.2. The first-order valence-electron chi connectivity index (χ1n) is 5.73. The smallest absolute Gasteiger partial charge is 0.271 e. The molecule has 0 radical (unpaired) electrons. The molecular formula is C12H14N2O4. The molecule has 1 saturated heterocycles. The van der Waals surface area contributed by atoms with E-state index in [2.05, 4.69) is 0 Å². The lowest BCUT2D eigenvalue weighted by Crippen LogP contribution is -2.36. The first kappa shape index (κ1) is 12.5. The summed E-state index contributed by atoms with van der Waals surface area (Å²) in [7, 11) is 1.60. The molecule has 0 aliphatic carbocycles.